The van der Waals surface area contributed by atoms with Crippen LogP contribution in [-0.4, -0.2) is 48.9 Å². The minimum absolute atomic E-state index is 0.00694. The van der Waals surface area contributed by atoms with Crippen LogP contribution in [0.5, 0.6) is 0 Å². The average Bonchev–Trinajstić information content (AvgIpc) is 2.66. The topological polar surface area (TPSA) is 61.4 Å². The largest absolute Gasteiger partial charge is 0.354 e. The highest BCUT2D eigenvalue weighted by atomic mass is 16.2. The van der Waals surface area contributed by atoms with E-state index in [0.717, 1.165) is 6.54 Å². The molecule has 2 aliphatic rings. The molecule has 0 spiro atoms. The molecule has 5 nitrogen and oxygen atoms in total. The highest BCUT2D eigenvalue weighted by Gasteiger charge is 2.38. The predicted octanol–water partition coefficient (Wildman–Crippen LogP) is 0.115. The molecule has 0 aromatic carbocycles. The van der Waals surface area contributed by atoms with Crippen molar-refractivity contribution >= 4 is 11.8 Å². The number of hydrogen-bond acceptors (Lipinski definition) is 3. The standard InChI is InChI=1S/C15H23N3O2/c1-3-4-14(19)17-10-15(20)16-9-11-7-12-5-6-13(8-11)18(12)2/h11-13H,5-10H2,1-2H3,(H,16,20)(H,17,19). The molecule has 20 heavy (non-hydrogen) atoms. The first-order valence-corrected chi connectivity index (χ1v) is 7.29. The first-order valence-electron chi connectivity index (χ1n) is 7.29. The van der Waals surface area contributed by atoms with Crippen molar-refractivity contribution in [2.24, 2.45) is 5.92 Å². The van der Waals surface area contributed by atoms with Crippen molar-refractivity contribution in [3.05, 3.63) is 0 Å². The number of rotatable bonds is 4. The van der Waals surface area contributed by atoms with Gasteiger partial charge in [0.15, 0.2) is 0 Å². The molecule has 2 aliphatic heterocycles. The van der Waals surface area contributed by atoms with Gasteiger partial charge in [-0.05, 0) is 51.5 Å². The zero-order valence-corrected chi connectivity index (χ0v) is 12.2. The average molecular weight is 277 g/mol. The lowest BCUT2D eigenvalue weighted by Gasteiger charge is -2.36. The molecule has 0 radical (unpaired) electrons. The quantitative estimate of drug-likeness (QED) is 0.717. The Bertz CT molecular complexity index is 424. The molecule has 2 bridgehead atoms. The zero-order chi connectivity index (χ0) is 14.5. The summed E-state index contributed by atoms with van der Waals surface area (Å²) in [6.45, 7) is 2.32. The molecule has 0 aromatic rings. The molecule has 2 heterocycles. The molecule has 2 rings (SSSR count). The van der Waals surface area contributed by atoms with Gasteiger partial charge in [-0.3, -0.25) is 9.59 Å². The van der Waals surface area contributed by atoms with Crippen molar-refractivity contribution in [3.63, 3.8) is 0 Å². The molecule has 2 saturated heterocycles. The predicted molar refractivity (Wildman–Crippen MR) is 76.8 cm³/mol. The summed E-state index contributed by atoms with van der Waals surface area (Å²) in [7, 11) is 2.21. The molecule has 110 valence electrons. The second kappa shape index (κ2) is 6.76. The Morgan fingerprint density at radius 2 is 1.85 bits per heavy atom. The monoisotopic (exact) mass is 277 g/mol. The molecule has 0 aromatic heterocycles. The fourth-order valence-corrected chi connectivity index (χ4v) is 3.33. The Hall–Kier alpha value is -1.54. The van der Waals surface area contributed by atoms with Crippen molar-refractivity contribution in [1.29, 1.82) is 0 Å². The number of piperidine rings is 1. The molecule has 2 unspecified atom stereocenters. The van der Waals surface area contributed by atoms with E-state index in [1.165, 1.54) is 25.7 Å². The van der Waals surface area contributed by atoms with Crippen molar-refractivity contribution < 1.29 is 9.59 Å². The Balaban J connectivity index is 1.66. The normalized spacial score (nSPS) is 28.4. The van der Waals surface area contributed by atoms with Gasteiger partial charge in [-0.25, -0.2) is 0 Å². The second-order valence-electron chi connectivity index (χ2n) is 5.75. The third-order valence-corrected chi connectivity index (χ3v) is 4.43. The first-order chi connectivity index (χ1) is 9.60. The summed E-state index contributed by atoms with van der Waals surface area (Å²) in [6.07, 6.45) is 4.91. The Labute approximate surface area is 120 Å². The van der Waals surface area contributed by atoms with Gasteiger partial charge in [-0.2, -0.15) is 0 Å². The van der Waals surface area contributed by atoms with Gasteiger partial charge in [-0.15, -0.1) is 0 Å². The Kier molecular flexibility index (Phi) is 5.02. The SMILES string of the molecule is CC#CC(=O)NCC(=O)NCC1CC2CCC(C1)N2C. The van der Waals surface area contributed by atoms with E-state index in [-0.39, 0.29) is 12.5 Å². The summed E-state index contributed by atoms with van der Waals surface area (Å²) in [5, 5.41) is 5.39. The minimum atomic E-state index is -0.403. The van der Waals surface area contributed by atoms with Gasteiger partial charge < -0.3 is 15.5 Å². The minimum Gasteiger partial charge on any atom is -0.354 e. The van der Waals surface area contributed by atoms with E-state index in [4.69, 9.17) is 0 Å². The fourth-order valence-electron chi connectivity index (χ4n) is 3.33. The number of carbonyl (C=O) groups excluding carboxylic acids is 2. The molecule has 2 fully saturated rings. The summed E-state index contributed by atoms with van der Waals surface area (Å²) in [6, 6.07) is 1.38. The Morgan fingerprint density at radius 1 is 1.20 bits per heavy atom. The first kappa shape index (κ1) is 14.9. The molecule has 2 atom stereocenters. The van der Waals surface area contributed by atoms with Crippen molar-refractivity contribution in [2.45, 2.75) is 44.7 Å². The summed E-state index contributed by atoms with van der Waals surface area (Å²) in [4.78, 5) is 25.3. The van der Waals surface area contributed by atoms with Crippen LogP contribution in [-0.2, 0) is 9.59 Å². The van der Waals surface area contributed by atoms with Crippen LogP contribution in [0.2, 0.25) is 0 Å². The van der Waals surface area contributed by atoms with Gasteiger partial charge in [0.1, 0.15) is 0 Å². The molecular weight excluding hydrogens is 254 g/mol. The molecular formula is C15H23N3O2. The number of fused-ring (bicyclic) bond motifs is 2. The number of nitrogens with one attached hydrogen (secondary N) is 2. The smallest absolute Gasteiger partial charge is 0.296 e. The fraction of sp³-hybridized carbons (Fsp3) is 0.733. The third kappa shape index (κ3) is 3.73. The van der Waals surface area contributed by atoms with E-state index in [0.29, 0.717) is 18.0 Å². The van der Waals surface area contributed by atoms with E-state index >= 15 is 0 Å². The summed E-state index contributed by atoms with van der Waals surface area (Å²) < 4.78 is 0. The van der Waals surface area contributed by atoms with Gasteiger partial charge in [0.05, 0.1) is 6.54 Å². The van der Waals surface area contributed by atoms with Crippen LogP contribution in [0.1, 0.15) is 32.6 Å². The maximum Gasteiger partial charge on any atom is 0.296 e. The van der Waals surface area contributed by atoms with E-state index < -0.39 is 5.91 Å². The number of carbonyl (C=O) groups is 2. The van der Waals surface area contributed by atoms with Gasteiger partial charge in [-0.1, -0.05) is 5.92 Å². The van der Waals surface area contributed by atoms with Crippen molar-refractivity contribution in [2.75, 3.05) is 20.1 Å². The summed E-state index contributed by atoms with van der Waals surface area (Å²) >= 11 is 0. The Morgan fingerprint density at radius 3 is 2.45 bits per heavy atom. The van der Waals surface area contributed by atoms with Gasteiger partial charge >= 0.3 is 0 Å². The van der Waals surface area contributed by atoms with E-state index in [2.05, 4.69) is 34.4 Å². The van der Waals surface area contributed by atoms with E-state index in [1.807, 2.05) is 0 Å². The molecule has 5 heteroatoms. The highest BCUT2D eigenvalue weighted by molar-refractivity contribution is 5.95. The summed E-state index contributed by atoms with van der Waals surface area (Å²) in [5.41, 5.74) is 0. The lowest BCUT2D eigenvalue weighted by atomic mass is 9.91. The van der Waals surface area contributed by atoms with Gasteiger partial charge in [0.25, 0.3) is 5.91 Å². The van der Waals surface area contributed by atoms with Crippen molar-refractivity contribution in [1.82, 2.24) is 15.5 Å². The van der Waals surface area contributed by atoms with Crippen molar-refractivity contribution in [3.8, 4) is 11.8 Å². The van der Waals surface area contributed by atoms with Crippen LogP contribution < -0.4 is 10.6 Å². The van der Waals surface area contributed by atoms with Crippen LogP contribution in [0.4, 0.5) is 0 Å². The maximum atomic E-state index is 11.7. The van der Waals surface area contributed by atoms with E-state index in [1.54, 1.807) is 6.92 Å². The molecule has 0 aliphatic carbocycles. The van der Waals surface area contributed by atoms with Gasteiger partial charge in [0.2, 0.25) is 5.91 Å². The van der Waals surface area contributed by atoms with Crippen LogP contribution in [0.3, 0.4) is 0 Å². The van der Waals surface area contributed by atoms with Crippen LogP contribution in [0.25, 0.3) is 0 Å². The second-order valence-corrected chi connectivity index (χ2v) is 5.75. The van der Waals surface area contributed by atoms with Crippen LogP contribution in [0, 0.1) is 17.8 Å². The molecule has 2 N–H and O–H groups in total. The van der Waals surface area contributed by atoms with Gasteiger partial charge in [0, 0.05) is 18.6 Å². The van der Waals surface area contributed by atoms with Crippen LogP contribution in [0.15, 0.2) is 0 Å². The zero-order valence-electron chi connectivity index (χ0n) is 12.2. The molecule has 2 amide bonds. The highest BCUT2D eigenvalue weighted by Crippen LogP contribution is 2.36. The maximum absolute atomic E-state index is 11.7. The van der Waals surface area contributed by atoms with E-state index in [9.17, 15) is 9.59 Å². The lowest BCUT2D eigenvalue weighted by molar-refractivity contribution is -0.123. The third-order valence-electron chi connectivity index (χ3n) is 4.43. The summed E-state index contributed by atoms with van der Waals surface area (Å²) in [5.74, 6) is 4.87. The number of amides is 2. The molecule has 0 saturated carbocycles. The number of hydrogen-bond donors (Lipinski definition) is 2. The lowest BCUT2D eigenvalue weighted by Crippen LogP contribution is -2.44. The van der Waals surface area contributed by atoms with Crippen LogP contribution >= 0.6 is 0 Å². The number of nitrogens with zero attached hydrogens (tertiary/aromatic N) is 1.